The van der Waals surface area contributed by atoms with Crippen LogP contribution in [-0.2, 0) is 28.4 Å². The van der Waals surface area contributed by atoms with E-state index in [1.165, 1.54) is 37.3 Å². The first-order chi connectivity index (χ1) is 25.0. The summed E-state index contributed by atoms with van der Waals surface area (Å²) in [5.74, 6) is -1.61. The van der Waals surface area contributed by atoms with Gasteiger partial charge in [-0.05, 0) is 25.1 Å². The predicted octanol–water partition coefficient (Wildman–Crippen LogP) is -3.66. The molecule has 6 rings (SSSR count). The molecule has 20 heteroatoms. The lowest BCUT2D eigenvalue weighted by Crippen LogP contribution is -2.62. The Balaban J connectivity index is 1.16. The van der Waals surface area contributed by atoms with Gasteiger partial charge in [0.2, 0.25) is 6.29 Å². The van der Waals surface area contributed by atoms with Gasteiger partial charge in [-0.25, -0.2) is 0 Å². The van der Waals surface area contributed by atoms with Gasteiger partial charge in [-0.2, -0.15) is 0 Å². The van der Waals surface area contributed by atoms with Crippen LogP contribution < -0.4 is 0 Å². The van der Waals surface area contributed by atoms with E-state index in [1.54, 1.807) is 0 Å². The molecule has 3 saturated heterocycles. The molecule has 53 heavy (non-hydrogen) atoms. The minimum absolute atomic E-state index is 0.0957. The highest BCUT2D eigenvalue weighted by Gasteiger charge is 2.50. The van der Waals surface area contributed by atoms with E-state index < -0.39 is 123 Å². The van der Waals surface area contributed by atoms with Crippen LogP contribution >= 0.6 is 0 Å². The largest absolute Gasteiger partial charge is 0.571 e. The van der Waals surface area contributed by atoms with Crippen molar-refractivity contribution >= 4 is 6.08 Å². The number of fused-ring (bicyclic) bond motifs is 1. The molecule has 14 N–H and O–H groups in total. The highest BCUT2D eigenvalue weighted by atomic mass is 16.7. The maximum Gasteiger partial charge on any atom is 0.270 e. The van der Waals surface area contributed by atoms with Gasteiger partial charge in [-0.3, -0.25) is 0 Å². The standard InChI is InChI=1S/C33H42O20/c1-10-21(38)24(41)27(44)31(49-10)47-8-19-22(39)25(42)28(45)32(52-19)48-9-20-23(40)26(43)29(46)33(53-20)51-18-7-13-15(36)5-12(34)6-17(13)50-30(18)11-2-3-14(35)16(37)4-11/h2-7,10,19-46H,8-9H2,1H3/p+1. The Morgan fingerprint density at radius 3 is 1.74 bits per heavy atom. The summed E-state index contributed by atoms with van der Waals surface area (Å²) in [5, 5.41) is 135. The molecule has 16 unspecified atom stereocenters. The maximum absolute atomic E-state index is 10.9. The second kappa shape index (κ2) is 15.6. The summed E-state index contributed by atoms with van der Waals surface area (Å²) in [6, 6.07) is 6.07. The Bertz CT molecular complexity index is 1620. The summed E-state index contributed by atoms with van der Waals surface area (Å²) < 4.78 is 38.2. The Labute approximate surface area is 300 Å². The van der Waals surface area contributed by atoms with Gasteiger partial charge < -0.3 is 99.5 Å². The van der Waals surface area contributed by atoms with E-state index in [2.05, 4.69) is 4.74 Å². The SMILES string of the molecule is CC1OC(OCC2OC(OCC3OC(OC4=Cc5c(O)cc(O)cc5[OH+]C4c4ccc(O)c(O)c4)C(O)C(O)C3O)C(O)C(O)C2O)C(O)C(O)C1O. The third-order valence-corrected chi connectivity index (χ3v) is 9.51. The Morgan fingerprint density at radius 1 is 0.585 bits per heavy atom. The van der Waals surface area contributed by atoms with E-state index in [9.17, 15) is 66.4 Å². The first-order valence-electron chi connectivity index (χ1n) is 16.5. The molecule has 0 amide bonds. The van der Waals surface area contributed by atoms with E-state index in [0.29, 0.717) is 0 Å². The number of benzene rings is 2. The lowest BCUT2D eigenvalue weighted by Gasteiger charge is -2.44. The van der Waals surface area contributed by atoms with Crippen molar-refractivity contribution in [3.05, 3.63) is 47.2 Å². The number of aliphatic hydroxyl groups excluding tert-OH is 9. The molecule has 2 aromatic rings. The van der Waals surface area contributed by atoms with Crippen molar-refractivity contribution < 1.29 is 99.5 Å². The lowest BCUT2D eigenvalue weighted by molar-refractivity contribution is -0.339. The van der Waals surface area contributed by atoms with Crippen molar-refractivity contribution in [3.63, 3.8) is 0 Å². The summed E-state index contributed by atoms with van der Waals surface area (Å²) in [5.41, 5.74) is 0.347. The zero-order valence-electron chi connectivity index (χ0n) is 27.8. The molecule has 0 radical (unpaired) electrons. The fraction of sp³-hybridized carbons (Fsp3) is 0.576. The monoisotopic (exact) mass is 759 g/mol. The second-order valence-electron chi connectivity index (χ2n) is 13.2. The molecule has 3 fully saturated rings. The molecule has 16 atom stereocenters. The van der Waals surface area contributed by atoms with Gasteiger partial charge in [-0.15, -0.1) is 0 Å². The number of aromatic hydroxyl groups is 5. The van der Waals surface area contributed by atoms with Crippen molar-refractivity contribution in [3.8, 4) is 28.7 Å². The quantitative estimate of drug-likeness (QED) is 0.0865. The maximum atomic E-state index is 10.9. The van der Waals surface area contributed by atoms with Crippen LogP contribution in [0.5, 0.6) is 28.7 Å². The van der Waals surface area contributed by atoms with Crippen LogP contribution in [0.4, 0.5) is 0 Å². The van der Waals surface area contributed by atoms with Crippen LogP contribution in [0.15, 0.2) is 36.1 Å². The Morgan fingerprint density at radius 2 is 1.13 bits per heavy atom. The highest BCUT2D eigenvalue weighted by Crippen LogP contribution is 2.46. The van der Waals surface area contributed by atoms with Gasteiger partial charge in [0.05, 0.1) is 30.9 Å². The summed E-state index contributed by atoms with van der Waals surface area (Å²) in [6.07, 6.45) is -24.3. The summed E-state index contributed by atoms with van der Waals surface area (Å²) in [7, 11) is 0. The van der Waals surface area contributed by atoms with Crippen molar-refractivity contribution in [2.75, 3.05) is 13.2 Å². The topological polar surface area (TPSA) is 331 Å². The smallest absolute Gasteiger partial charge is 0.270 e. The third kappa shape index (κ3) is 7.83. The van der Waals surface area contributed by atoms with Crippen molar-refractivity contribution in [1.82, 2.24) is 0 Å². The first kappa shape index (κ1) is 39.1. The molecule has 0 bridgehead atoms. The summed E-state index contributed by atoms with van der Waals surface area (Å²) in [6.45, 7) is 0.192. The highest BCUT2D eigenvalue weighted by molar-refractivity contribution is 5.69. The number of phenolic OH excluding ortho intramolecular Hbond substituents is 4. The molecular weight excluding hydrogens is 716 g/mol. The molecule has 0 saturated carbocycles. The number of hydrogen-bond acceptors (Lipinski definition) is 19. The molecular formula is C33H43O20+. The average molecular weight is 760 g/mol. The molecule has 294 valence electrons. The number of phenols is 4. The number of hydrogen-bond donors (Lipinski definition) is 13. The molecule has 2 aromatic carbocycles. The number of aliphatic hydroxyl groups is 10. The Kier molecular flexibility index (Phi) is 11.5. The summed E-state index contributed by atoms with van der Waals surface area (Å²) in [4.78, 5) is 0. The lowest BCUT2D eigenvalue weighted by atomic mass is 9.98. The predicted molar refractivity (Wildman–Crippen MR) is 171 cm³/mol. The average Bonchev–Trinajstić information content (AvgIpc) is 3.12. The minimum Gasteiger partial charge on any atom is -0.571 e. The van der Waals surface area contributed by atoms with Gasteiger partial charge in [0.25, 0.3) is 11.9 Å². The van der Waals surface area contributed by atoms with E-state index in [1.807, 2.05) is 0 Å². The van der Waals surface area contributed by atoms with Crippen LogP contribution in [0, 0.1) is 0 Å². The minimum atomic E-state index is -1.90. The van der Waals surface area contributed by atoms with Crippen LogP contribution in [0.25, 0.3) is 6.08 Å². The second-order valence-corrected chi connectivity index (χ2v) is 13.2. The third-order valence-electron chi connectivity index (χ3n) is 9.51. The number of rotatable bonds is 9. The van der Waals surface area contributed by atoms with Gasteiger partial charge >= 0.3 is 0 Å². The molecule has 0 aliphatic carbocycles. The van der Waals surface area contributed by atoms with Gasteiger partial charge in [-0.1, -0.05) is 0 Å². The van der Waals surface area contributed by atoms with Crippen molar-refractivity contribution in [1.29, 1.82) is 0 Å². The molecule has 4 aliphatic heterocycles. The van der Waals surface area contributed by atoms with Crippen LogP contribution in [-0.4, -0.2) is 176 Å². The van der Waals surface area contributed by atoms with Gasteiger partial charge in [0, 0.05) is 12.1 Å². The normalized spacial score (nSPS) is 40.2. The molecule has 20 nitrogen and oxygen atoms in total. The van der Waals surface area contributed by atoms with E-state index in [-0.39, 0.29) is 34.1 Å². The van der Waals surface area contributed by atoms with E-state index in [0.717, 1.165) is 6.07 Å². The zero-order valence-corrected chi connectivity index (χ0v) is 27.8. The first-order valence-corrected chi connectivity index (χ1v) is 16.5. The fourth-order valence-electron chi connectivity index (χ4n) is 6.34. The van der Waals surface area contributed by atoms with E-state index >= 15 is 0 Å². The van der Waals surface area contributed by atoms with Crippen LogP contribution in [0.3, 0.4) is 0 Å². The van der Waals surface area contributed by atoms with Crippen LogP contribution in [0.1, 0.15) is 24.2 Å². The zero-order chi connectivity index (χ0) is 38.5. The fourth-order valence-corrected chi connectivity index (χ4v) is 6.34. The number of ether oxygens (including phenoxy) is 7. The summed E-state index contributed by atoms with van der Waals surface area (Å²) >= 11 is 0. The Hall–Kier alpha value is -3.58. The van der Waals surface area contributed by atoms with Gasteiger partial charge in [0.1, 0.15) is 84.2 Å². The molecule has 4 heterocycles. The van der Waals surface area contributed by atoms with E-state index in [4.69, 9.17) is 28.4 Å². The van der Waals surface area contributed by atoms with Crippen molar-refractivity contribution in [2.24, 2.45) is 0 Å². The molecule has 0 aromatic heterocycles. The van der Waals surface area contributed by atoms with Crippen molar-refractivity contribution in [2.45, 2.75) is 105 Å². The molecule has 0 spiro atoms. The van der Waals surface area contributed by atoms with Crippen LogP contribution in [0.2, 0.25) is 0 Å². The van der Waals surface area contributed by atoms with Gasteiger partial charge in [0.15, 0.2) is 29.8 Å². The molecule has 4 aliphatic rings.